The minimum absolute atomic E-state index is 0.135. The number of thiophene rings is 1. The molecule has 1 aromatic heterocycles. The SMILES string of the molecule is CN(C)CCc1ccc(NC(=O)c2ccc(-c3ccc(F)cc3)s2)cc1. The van der Waals surface area contributed by atoms with Crippen LogP contribution < -0.4 is 5.32 Å². The Balaban J connectivity index is 1.64. The molecule has 0 aliphatic carbocycles. The van der Waals surface area contributed by atoms with Crippen molar-refractivity contribution in [3.8, 4) is 10.4 Å². The largest absolute Gasteiger partial charge is 0.321 e. The highest BCUT2D eigenvalue weighted by atomic mass is 32.1. The van der Waals surface area contributed by atoms with Crippen molar-refractivity contribution in [2.24, 2.45) is 0 Å². The number of nitrogens with zero attached hydrogens (tertiary/aromatic N) is 1. The monoisotopic (exact) mass is 368 g/mol. The Morgan fingerprint density at radius 1 is 1.00 bits per heavy atom. The number of benzene rings is 2. The average Bonchev–Trinajstić information content (AvgIpc) is 3.12. The van der Waals surface area contributed by atoms with Gasteiger partial charge in [0.25, 0.3) is 5.91 Å². The highest BCUT2D eigenvalue weighted by Crippen LogP contribution is 2.28. The second-order valence-electron chi connectivity index (χ2n) is 6.38. The minimum atomic E-state index is -0.266. The molecule has 26 heavy (non-hydrogen) atoms. The first-order valence-electron chi connectivity index (χ1n) is 8.42. The lowest BCUT2D eigenvalue weighted by atomic mass is 10.1. The number of hydrogen-bond donors (Lipinski definition) is 1. The molecule has 2 aromatic carbocycles. The average molecular weight is 368 g/mol. The van der Waals surface area contributed by atoms with Gasteiger partial charge < -0.3 is 10.2 Å². The fourth-order valence-electron chi connectivity index (χ4n) is 2.53. The molecule has 0 radical (unpaired) electrons. The summed E-state index contributed by atoms with van der Waals surface area (Å²) in [6.07, 6.45) is 0.979. The van der Waals surface area contributed by atoms with Gasteiger partial charge in [0.2, 0.25) is 0 Å². The maximum absolute atomic E-state index is 13.0. The summed E-state index contributed by atoms with van der Waals surface area (Å²) in [7, 11) is 4.10. The van der Waals surface area contributed by atoms with Crippen molar-refractivity contribution in [3.63, 3.8) is 0 Å². The number of anilines is 1. The van der Waals surface area contributed by atoms with Crippen molar-refractivity contribution in [2.75, 3.05) is 26.0 Å². The van der Waals surface area contributed by atoms with Crippen molar-refractivity contribution in [2.45, 2.75) is 6.42 Å². The summed E-state index contributed by atoms with van der Waals surface area (Å²) >= 11 is 1.39. The highest BCUT2D eigenvalue weighted by Gasteiger charge is 2.11. The van der Waals surface area contributed by atoms with Crippen LogP contribution in [0, 0.1) is 5.82 Å². The van der Waals surface area contributed by atoms with E-state index in [0.29, 0.717) is 4.88 Å². The number of hydrogen-bond acceptors (Lipinski definition) is 3. The molecule has 0 unspecified atom stereocenters. The Bertz CT molecular complexity index is 870. The maximum atomic E-state index is 13.0. The maximum Gasteiger partial charge on any atom is 0.265 e. The van der Waals surface area contributed by atoms with Gasteiger partial charge in [-0.3, -0.25) is 4.79 Å². The normalized spacial score (nSPS) is 10.9. The molecule has 5 heteroatoms. The van der Waals surface area contributed by atoms with Crippen LogP contribution in [0.25, 0.3) is 10.4 Å². The molecule has 0 saturated heterocycles. The van der Waals surface area contributed by atoms with Crippen LogP contribution in [0.5, 0.6) is 0 Å². The quantitative estimate of drug-likeness (QED) is 0.670. The molecule has 0 fully saturated rings. The number of nitrogens with one attached hydrogen (secondary N) is 1. The van der Waals surface area contributed by atoms with Crippen LogP contribution in [-0.4, -0.2) is 31.4 Å². The molecule has 3 nitrogen and oxygen atoms in total. The molecule has 0 aliphatic heterocycles. The van der Waals surface area contributed by atoms with E-state index in [2.05, 4.69) is 24.3 Å². The topological polar surface area (TPSA) is 32.3 Å². The van der Waals surface area contributed by atoms with Gasteiger partial charge in [0.1, 0.15) is 5.82 Å². The van der Waals surface area contributed by atoms with Gasteiger partial charge in [-0.2, -0.15) is 0 Å². The molecule has 1 N–H and O–H groups in total. The van der Waals surface area contributed by atoms with Crippen molar-refractivity contribution >= 4 is 22.9 Å². The third-order valence-corrected chi connectivity index (χ3v) is 5.15. The van der Waals surface area contributed by atoms with Crippen molar-refractivity contribution in [3.05, 3.63) is 76.9 Å². The predicted octanol–water partition coefficient (Wildman–Crippen LogP) is 4.91. The number of halogens is 1. The molecule has 0 atom stereocenters. The van der Waals surface area contributed by atoms with Crippen LogP contribution in [0.15, 0.2) is 60.7 Å². The molecule has 134 valence electrons. The minimum Gasteiger partial charge on any atom is -0.321 e. The third-order valence-electron chi connectivity index (χ3n) is 4.02. The second-order valence-corrected chi connectivity index (χ2v) is 7.46. The predicted molar refractivity (Wildman–Crippen MR) is 106 cm³/mol. The first-order valence-corrected chi connectivity index (χ1v) is 9.24. The standard InChI is InChI=1S/C21H21FN2OS/c1-24(2)14-13-15-3-9-18(10-4-15)23-21(25)20-12-11-19(26-20)16-5-7-17(22)8-6-16/h3-12H,13-14H2,1-2H3,(H,23,25). The van der Waals surface area contributed by atoms with E-state index in [4.69, 9.17) is 0 Å². The van der Waals surface area contributed by atoms with Gasteiger partial charge in [0.15, 0.2) is 0 Å². The molecule has 3 rings (SSSR count). The van der Waals surface area contributed by atoms with E-state index in [1.54, 1.807) is 18.2 Å². The van der Waals surface area contributed by atoms with E-state index >= 15 is 0 Å². The van der Waals surface area contributed by atoms with Gasteiger partial charge in [-0.25, -0.2) is 4.39 Å². The molecular weight excluding hydrogens is 347 g/mol. The number of rotatable bonds is 6. The highest BCUT2D eigenvalue weighted by molar-refractivity contribution is 7.17. The van der Waals surface area contributed by atoms with Gasteiger partial charge in [-0.1, -0.05) is 24.3 Å². The molecule has 1 heterocycles. The zero-order valence-electron chi connectivity index (χ0n) is 14.8. The van der Waals surface area contributed by atoms with Crippen molar-refractivity contribution in [1.29, 1.82) is 0 Å². The zero-order valence-corrected chi connectivity index (χ0v) is 15.6. The molecule has 3 aromatic rings. The first kappa shape index (κ1) is 18.3. The lowest BCUT2D eigenvalue weighted by molar-refractivity contribution is 0.103. The Kier molecular flexibility index (Phi) is 5.81. The summed E-state index contributed by atoms with van der Waals surface area (Å²) < 4.78 is 13.0. The smallest absolute Gasteiger partial charge is 0.265 e. The second kappa shape index (κ2) is 8.25. The summed E-state index contributed by atoms with van der Waals surface area (Å²) in [6, 6.07) is 17.9. The fourth-order valence-corrected chi connectivity index (χ4v) is 3.44. The Morgan fingerprint density at radius 3 is 2.35 bits per heavy atom. The molecule has 0 aliphatic rings. The molecular formula is C21H21FN2OS. The Hall–Kier alpha value is -2.50. The van der Waals surface area contributed by atoms with E-state index in [0.717, 1.165) is 29.1 Å². The van der Waals surface area contributed by atoms with Crippen LogP contribution >= 0.6 is 11.3 Å². The number of likely N-dealkylation sites (N-methyl/N-ethyl adjacent to an activating group) is 1. The van der Waals surface area contributed by atoms with Gasteiger partial charge >= 0.3 is 0 Å². The van der Waals surface area contributed by atoms with Gasteiger partial charge in [-0.15, -0.1) is 11.3 Å². The lowest BCUT2D eigenvalue weighted by Gasteiger charge is -2.10. The van der Waals surface area contributed by atoms with E-state index in [9.17, 15) is 9.18 Å². The Labute approximate surface area is 157 Å². The molecule has 0 bridgehead atoms. The zero-order chi connectivity index (χ0) is 18.5. The van der Waals surface area contributed by atoms with Crippen LogP contribution in [0.3, 0.4) is 0 Å². The Morgan fingerprint density at radius 2 is 1.69 bits per heavy atom. The lowest BCUT2D eigenvalue weighted by Crippen LogP contribution is -2.15. The number of carbonyl (C=O) groups excluding carboxylic acids is 1. The van der Waals surface area contributed by atoms with E-state index in [1.165, 1.54) is 29.0 Å². The third kappa shape index (κ3) is 4.77. The van der Waals surface area contributed by atoms with Crippen molar-refractivity contribution in [1.82, 2.24) is 4.90 Å². The fraction of sp³-hybridized carbons (Fsp3) is 0.190. The first-order chi connectivity index (χ1) is 12.5. The van der Waals surface area contributed by atoms with Gasteiger partial charge in [0.05, 0.1) is 4.88 Å². The van der Waals surface area contributed by atoms with E-state index in [1.807, 2.05) is 30.3 Å². The van der Waals surface area contributed by atoms with E-state index < -0.39 is 0 Å². The number of amides is 1. The summed E-state index contributed by atoms with van der Waals surface area (Å²) in [4.78, 5) is 16.2. The van der Waals surface area contributed by atoms with Gasteiger partial charge in [0, 0.05) is 17.1 Å². The van der Waals surface area contributed by atoms with Crippen LogP contribution in [0.1, 0.15) is 15.2 Å². The summed E-state index contributed by atoms with van der Waals surface area (Å²) in [5.74, 6) is -0.401. The summed E-state index contributed by atoms with van der Waals surface area (Å²) in [6.45, 7) is 0.993. The van der Waals surface area contributed by atoms with Crippen LogP contribution in [-0.2, 0) is 6.42 Å². The molecule has 0 saturated carbocycles. The molecule has 1 amide bonds. The van der Waals surface area contributed by atoms with Crippen LogP contribution in [0.2, 0.25) is 0 Å². The van der Waals surface area contributed by atoms with Crippen LogP contribution in [0.4, 0.5) is 10.1 Å². The van der Waals surface area contributed by atoms with E-state index in [-0.39, 0.29) is 11.7 Å². The molecule has 0 spiro atoms. The summed E-state index contributed by atoms with van der Waals surface area (Å²) in [5, 5.41) is 2.93. The van der Waals surface area contributed by atoms with Gasteiger partial charge in [-0.05, 0) is 68.0 Å². The van der Waals surface area contributed by atoms with Crippen molar-refractivity contribution < 1.29 is 9.18 Å². The summed E-state index contributed by atoms with van der Waals surface area (Å²) in [5.41, 5.74) is 2.92. The number of carbonyl (C=O) groups is 1.